The van der Waals surface area contributed by atoms with E-state index in [1.165, 1.54) is 17.1 Å². The van der Waals surface area contributed by atoms with Crippen molar-refractivity contribution in [2.45, 2.75) is 19.6 Å². The molecule has 1 amide bonds. The van der Waals surface area contributed by atoms with Gasteiger partial charge in [-0.1, -0.05) is 17.1 Å². The van der Waals surface area contributed by atoms with E-state index in [1.54, 1.807) is 24.1 Å². The molecule has 1 aliphatic rings. The molecule has 2 aromatic carbocycles. The van der Waals surface area contributed by atoms with E-state index in [2.05, 4.69) is 46.4 Å². The highest BCUT2D eigenvalue weighted by Gasteiger charge is 2.32. The number of hydrogen-bond acceptors (Lipinski definition) is 4. The summed E-state index contributed by atoms with van der Waals surface area (Å²) in [6, 6.07) is 8.84. The number of fused-ring (bicyclic) bond motifs is 4. The fourth-order valence-electron chi connectivity index (χ4n) is 4.59. The molecular weight excluding hydrogens is 437 g/mol. The van der Waals surface area contributed by atoms with Gasteiger partial charge in [-0.05, 0) is 36.6 Å². The van der Waals surface area contributed by atoms with E-state index >= 15 is 0 Å². The number of nitrogens with one attached hydrogen (secondary N) is 2. The average molecular weight is 462 g/mol. The van der Waals surface area contributed by atoms with Crippen molar-refractivity contribution in [1.82, 2.24) is 14.9 Å². The van der Waals surface area contributed by atoms with Gasteiger partial charge in [0.1, 0.15) is 25.2 Å². The highest BCUT2D eigenvalue weighted by molar-refractivity contribution is 7.27. The lowest BCUT2D eigenvalue weighted by Gasteiger charge is -2.34. The molecule has 5 rings (SSSR count). The van der Waals surface area contributed by atoms with Gasteiger partial charge in [0, 0.05) is 41.3 Å². The number of likely N-dealkylation sites (N-methyl/N-ethyl adjacent to an activating group) is 1. The largest absolute Gasteiger partial charge is 0.373 e. The average Bonchev–Trinajstić information content (AvgIpc) is 3.20. The summed E-state index contributed by atoms with van der Waals surface area (Å²) in [4.78, 5) is 23.1. The lowest BCUT2D eigenvalue weighted by atomic mass is 9.85. The number of benzene rings is 2. The van der Waals surface area contributed by atoms with Crippen LogP contribution in [0.5, 0.6) is 0 Å². The number of rotatable bonds is 3. The summed E-state index contributed by atoms with van der Waals surface area (Å²) in [5.41, 5.74) is 5.35. The molecule has 2 atom stereocenters. The number of carbonyl (C=O) groups is 1. The predicted octanol–water partition coefficient (Wildman–Crippen LogP) is 2.31. The van der Waals surface area contributed by atoms with Crippen molar-refractivity contribution >= 4 is 61.3 Å². The summed E-state index contributed by atoms with van der Waals surface area (Å²) < 4.78 is 19.8. The van der Waals surface area contributed by atoms with E-state index in [1.807, 2.05) is 7.05 Å². The number of ether oxygens (including phenoxy) is 1. The van der Waals surface area contributed by atoms with Crippen molar-refractivity contribution < 1.29 is 13.9 Å². The molecule has 33 heavy (non-hydrogen) atoms. The van der Waals surface area contributed by atoms with Crippen molar-refractivity contribution in [2.75, 3.05) is 26.0 Å². The van der Waals surface area contributed by atoms with Gasteiger partial charge in [-0.25, -0.2) is 9.37 Å². The number of amides is 1. The summed E-state index contributed by atoms with van der Waals surface area (Å²) in [6.45, 7) is 2.86. The molecule has 0 saturated carbocycles. The topological polar surface area (TPSA) is 70.2 Å². The molecule has 2 unspecified atom stereocenters. The number of aromatic amines is 1. The van der Waals surface area contributed by atoms with Crippen LogP contribution in [0.2, 0.25) is 0 Å². The lowest BCUT2D eigenvalue weighted by molar-refractivity contribution is 0.0334. The smallest absolute Gasteiger partial charge is 0.270 e. The molecule has 9 heteroatoms. The first-order chi connectivity index (χ1) is 15.8. The van der Waals surface area contributed by atoms with Crippen molar-refractivity contribution in [3.63, 3.8) is 0 Å². The molecule has 3 heterocycles. The second-order valence-electron chi connectivity index (χ2n) is 8.64. The van der Waals surface area contributed by atoms with Crippen LogP contribution in [-0.4, -0.2) is 49.3 Å². The molecule has 0 bridgehead atoms. The summed E-state index contributed by atoms with van der Waals surface area (Å²) >= 11 is 0. The van der Waals surface area contributed by atoms with Gasteiger partial charge in [-0.15, -0.1) is 9.24 Å². The van der Waals surface area contributed by atoms with E-state index < -0.39 is 0 Å². The minimum Gasteiger partial charge on any atom is -0.373 e. The monoisotopic (exact) mass is 462 g/mol. The highest BCUT2D eigenvalue weighted by atomic mass is 31.0. The van der Waals surface area contributed by atoms with Crippen molar-refractivity contribution in [2.24, 2.45) is 0 Å². The number of aryl methyl sites for hydroxylation is 1. The molecule has 2 aromatic heterocycles. The maximum absolute atomic E-state index is 14.0. The number of carbonyl (C=O) groups excluding carboxylic acids is 1. The number of anilines is 1. The Kier molecular flexibility index (Phi) is 5.38. The second-order valence-corrected chi connectivity index (χ2v) is 9.27. The van der Waals surface area contributed by atoms with Crippen LogP contribution in [0.15, 0.2) is 30.3 Å². The third kappa shape index (κ3) is 3.58. The van der Waals surface area contributed by atoms with Crippen molar-refractivity contribution in [1.29, 1.82) is 0 Å². The van der Waals surface area contributed by atoms with Gasteiger partial charge >= 0.3 is 0 Å². The summed E-state index contributed by atoms with van der Waals surface area (Å²) in [6.07, 6.45) is 0. The maximum Gasteiger partial charge on any atom is 0.270 e. The SMILES string of the molecule is Bc1cc2c3c(nc(NC)c2cc1C)COCC3N(C)C(=O)c1cc2cc(F)c(P)cc2[nH]1. The minimum absolute atomic E-state index is 0.187. The fourth-order valence-corrected chi connectivity index (χ4v) is 4.84. The zero-order valence-corrected chi connectivity index (χ0v) is 20.2. The molecule has 4 aromatic rings. The number of H-pyrrole nitrogens is 1. The number of pyridine rings is 1. The molecule has 168 valence electrons. The van der Waals surface area contributed by atoms with E-state index in [9.17, 15) is 9.18 Å². The van der Waals surface area contributed by atoms with E-state index in [-0.39, 0.29) is 17.8 Å². The number of aromatic nitrogens is 2. The zero-order valence-electron chi connectivity index (χ0n) is 19.0. The molecule has 1 aliphatic heterocycles. The normalized spacial score (nSPS) is 15.6. The molecule has 0 saturated heterocycles. The van der Waals surface area contributed by atoms with E-state index in [0.717, 1.165) is 33.4 Å². The first-order valence-corrected chi connectivity index (χ1v) is 11.4. The number of nitrogens with zero attached hydrogens (tertiary/aromatic N) is 2. The van der Waals surface area contributed by atoms with Crippen LogP contribution in [-0.2, 0) is 11.3 Å². The van der Waals surface area contributed by atoms with Gasteiger partial charge in [0.15, 0.2) is 0 Å². The van der Waals surface area contributed by atoms with Crippen LogP contribution in [0.25, 0.3) is 21.7 Å². The number of halogens is 1. The zero-order chi connectivity index (χ0) is 23.4. The molecular formula is C24H25BFN4O2P. The van der Waals surface area contributed by atoms with Crippen LogP contribution in [0, 0.1) is 12.7 Å². The van der Waals surface area contributed by atoms with Crippen LogP contribution < -0.4 is 16.1 Å². The third-order valence-electron chi connectivity index (χ3n) is 6.58. The Labute approximate surface area is 194 Å². The molecule has 0 radical (unpaired) electrons. The first kappa shape index (κ1) is 21.9. The molecule has 0 fully saturated rings. The van der Waals surface area contributed by atoms with Gasteiger partial charge in [0.2, 0.25) is 0 Å². The Bertz CT molecular complexity index is 1400. The Morgan fingerprint density at radius 1 is 1.30 bits per heavy atom. The third-order valence-corrected chi connectivity index (χ3v) is 7.02. The Hall–Kier alpha value is -2.96. The van der Waals surface area contributed by atoms with Gasteiger partial charge in [-0.3, -0.25) is 4.79 Å². The first-order valence-electron chi connectivity index (χ1n) is 10.8. The molecule has 0 spiro atoms. The summed E-state index contributed by atoms with van der Waals surface area (Å²) in [5, 5.41) is 6.42. The van der Waals surface area contributed by atoms with Crippen LogP contribution in [0.1, 0.15) is 33.4 Å². The quantitative estimate of drug-likeness (QED) is 0.362. The highest BCUT2D eigenvalue weighted by Crippen LogP contribution is 2.37. The van der Waals surface area contributed by atoms with Gasteiger partial charge < -0.3 is 19.9 Å². The number of hydrogen-bond donors (Lipinski definition) is 2. The molecule has 2 N–H and O–H groups in total. The Morgan fingerprint density at radius 3 is 2.85 bits per heavy atom. The van der Waals surface area contributed by atoms with E-state index in [4.69, 9.17) is 9.72 Å². The maximum atomic E-state index is 14.0. The van der Waals surface area contributed by atoms with Gasteiger partial charge in [0.25, 0.3) is 5.91 Å². The van der Waals surface area contributed by atoms with Crippen LogP contribution in [0.3, 0.4) is 0 Å². The van der Waals surface area contributed by atoms with Crippen LogP contribution in [0.4, 0.5) is 10.2 Å². The standard InChI is InChI=1S/C24H25BFN4O2P/c1-11-4-14-13(7-15(11)25)22-19(29-23(14)27-2)9-32-10-20(22)30(3)24(31)18-6-12-5-16(26)21(33)8-17(12)28-18/h4-8,20,28H,9-10,25,33H2,1-3H3,(H,27,29). The predicted molar refractivity (Wildman–Crippen MR) is 136 cm³/mol. The molecule has 0 aliphatic carbocycles. The van der Waals surface area contributed by atoms with Crippen molar-refractivity contribution in [3.8, 4) is 0 Å². The summed E-state index contributed by atoms with van der Waals surface area (Å²) in [5.74, 6) is 0.293. The van der Waals surface area contributed by atoms with E-state index in [0.29, 0.717) is 29.6 Å². The van der Waals surface area contributed by atoms with Gasteiger partial charge in [0.05, 0.1) is 24.9 Å². The van der Waals surface area contributed by atoms with Crippen molar-refractivity contribution in [3.05, 3.63) is 58.7 Å². The molecule has 6 nitrogen and oxygen atoms in total. The fraction of sp³-hybridized carbons (Fsp3) is 0.250. The van der Waals surface area contributed by atoms with Gasteiger partial charge in [-0.2, -0.15) is 0 Å². The second kappa shape index (κ2) is 8.12. The summed E-state index contributed by atoms with van der Waals surface area (Å²) in [7, 11) is 8.10. The Morgan fingerprint density at radius 2 is 2.09 bits per heavy atom. The minimum atomic E-state index is -0.322. The van der Waals surface area contributed by atoms with Crippen LogP contribution >= 0.6 is 9.24 Å². The Balaban J connectivity index is 1.61. The lowest BCUT2D eigenvalue weighted by Crippen LogP contribution is -2.37.